The first-order valence-electron chi connectivity index (χ1n) is 31.4. The molecular formula is C67H117NO8. The van der Waals surface area contributed by atoms with Crippen LogP contribution in [0.25, 0.3) is 0 Å². The standard InChI is InChI=1S/C67H117NO8/c1-3-5-7-9-11-13-15-17-19-20-21-22-23-24-25-26-27-28-29-30-31-32-33-34-35-36-37-38-39-40-41-42-43-45-47-49-51-53-55-57-63(71)68-60(59-75-67-66(74)65(73)64(72)62(58-69)76-67)61(70)56-54-52-50-48-46-44-18-16-14-12-10-8-6-4-2/h5,7,11,13,17,19,21-22,24-25,27-28,30-31,33-34,60-62,64-67,69-70,72-74H,3-4,6,8-10,12,14-16,18,20,23,26,29,32,35-59H2,1-2H3,(H,68,71)/b7-5-,13-11-,19-17-,22-21-,25-24-,28-27-,31-30-,34-33-. The average Bonchev–Trinajstić information content (AvgIpc) is 3.42. The Morgan fingerprint density at radius 1 is 0.461 bits per heavy atom. The first-order chi connectivity index (χ1) is 37.3. The molecule has 0 aromatic carbocycles. The summed E-state index contributed by atoms with van der Waals surface area (Å²) < 4.78 is 11.3. The molecule has 9 nitrogen and oxygen atoms in total. The van der Waals surface area contributed by atoms with Gasteiger partial charge in [-0.1, -0.05) is 278 Å². The lowest BCUT2D eigenvalue weighted by atomic mass is 9.99. The minimum Gasteiger partial charge on any atom is -0.394 e. The first kappa shape index (κ1) is 71.1. The quantitative estimate of drug-likeness (QED) is 0.0261. The molecule has 76 heavy (non-hydrogen) atoms. The molecule has 0 bridgehead atoms. The Kier molecular flexibility index (Phi) is 51.9. The zero-order chi connectivity index (χ0) is 55.0. The van der Waals surface area contributed by atoms with Crippen LogP contribution in [0.4, 0.5) is 0 Å². The van der Waals surface area contributed by atoms with Gasteiger partial charge in [0.2, 0.25) is 5.91 Å². The molecule has 1 rings (SSSR count). The van der Waals surface area contributed by atoms with E-state index < -0.39 is 49.5 Å². The van der Waals surface area contributed by atoms with Crippen molar-refractivity contribution in [2.75, 3.05) is 13.2 Å². The van der Waals surface area contributed by atoms with Crippen molar-refractivity contribution in [2.45, 2.75) is 307 Å². The molecule has 7 unspecified atom stereocenters. The normalized spacial score (nSPS) is 19.5. The molecule has 7 atom stereocenters. The summed E-state index contributed by atoms with van der Waals surface area (Å²) in [6.45, 7) is 3.73. The van der Waals surface area contributed by atoms with Crippen LogP contribution in [0.3, 0.4) is 0 Å². The van der Waals surface area contributed by atoms with E-state index in [0.717, 1.165) is 89.9 Å². The molecule has 1 saturated heterocycles. The number of amides is 1. The van der Waals surface area contributed by atoms with Gasteiger partial charge in [-0.15, -0.1) is 0 Å². The largest absolute Gasteiger partial charge is 0.394 e. The third-order valence-electron chi connectivity index (χ3n) is 14.5. The van der Waals surface area contributed by atoms with Gasteiger partial charge in [-0.2, -0.15) is 0 Å². The average molecular weight is 1060 g/mol. The van der Waals surface area contributed by atoms with E-state index in [9.17, 15) is 30.3 Å². The Morgan fingerprint density at radius 2 is 0.816 bits per heavy atom. The number of hydrogen-bond acceptors (Lipinski definition) is 8. The van der Waals surface area contributed by atoms with Gasteiger partial charge in [-0.25, -0.2) is 0 Å². The number of carbonyl (C=O) groups is 1. The van der Waals surface area contributed by atoms with Gasteiger partial charge in [0.15, 0.2) is 6.29 Å². The van der Waals surface area contributed by atoms with Crippen LogP contribution in [0.2, 0.25) is 0 Å². The van der Waals surface area contributed by atoms with Crippen LogP contribution in [0, 0.1) is 0 Å². The predicted octanol–water partition coefficient (Wildman–Crippen LogP) is 16.4. The van der Waals surface area contributed by atoms with Gasteiger partial charge >= 0.3 is 0 Å². The van der Waals surface area contributed by atoms with E-state index in [1.165, 1.54) is 148 Å². The van der Waals surface area contributed by atoms with Gasteiger partial charge in [-0.05, 0) is 77.0 Å². The van der Waals surface area contributed by atoms with Crippen molar-refractivity contribution in [1.82, 2.24) is 5.32 Å². The number of aliphatic hydroxyl groups is 5. The highest BCUT2D eigenvalue weighted by molar-refractivity contribution is 5.76. The molecule has 0 aromatic rings. The van der Waals surface area contributed by atoms with Crippen molar-refractivity contribution < 1.29 is 39.8 Å². The second kappa shape index (κ2) is 55.4. The summed E-state index contributed by atoms with van der Waals surface area (Å²) in [5.41, 5.74) is 0. The van der Waals surface area contributed by atoms with E-state index in [2.05, 4.69) is 116 Å². The van der Waals surface area contributed by atoms with Gasteiger partial charge in [0.1, 0.15) is 24.4 Å². The van der Waals surface area contributed by atoms with E-state index in [4.69, 9.17) is 9.47 Å². The Labute approximate surface area is 466 Å². The lowest BCUT2D eigenvalue weighted by Crippen LogP contribution is -2.60. The molecule has 438 valence electrons. The van der Waals surface area contributed by atoms with E-state index in [1.54, 1.807) is 0 Å². The maximum Gasteiger partial charge on any atom is 0.220 e. The number of rotatable bonds is 53. The van der Waals surface area contributed by atoms with Crippen LogP contribution in [0.15, 0.2) is 97.2 Å². The fraction of sp³-hybridized carbons (Fsp3) is 0.746. The molecule has 0 spiro atoms. The third kappa shape index (κ3) is 44.0. The second-order valence-corrected chi connectivity index (χ2v) is 21.5. The second-order valence-electron chi connectivity index (χ2n) is 21.5. The lowest BCUT2D eigenvalue weighted by molar-refractivity contribution is -0.302. The minimum atomic E-state index is -1.56. The van der Waals surface area contributed by atoms with Crippen LogP contribution < -0.4 is 5.32 Å². The van der Waals surface area contributed by atoms with Crippen LogP contribution in [-0.2, 0) is 14.3 Å². The summed E-state index contributed by atoms with van der Waals surface area (Å²) in [7, 11) is 0. The number of nitrogens with one attached hydrogen (secondary N) is 1. The molecule has 0 aliphatic carbocycles. The SMILES string of the molecule is CC/C=C\C/C=C\C/C=C\C/C=C\C/C=C\C/C=C\C/C=C\C/C=C\CCCCCCCCCCCCCCCCC(=O)NC(COC1OC(CO)C(O)C(O)C1O)C(O)CCCCCCCCCCCCCCCC. The highest BCUT2D eigenvalue weighted by Gasteiger charge is 2.44. The monoisotopic (exact) mass is 1060 g/mol. The Hall–Kier alpha value is -2.89. The summed E-state index contributed by atoms with van der Waals surface area (Å²) in [5.74, 6) is -0.147. The molecule has 1 aliphatic heterocycles. The van der Waals surface area contributed by atoms with Gasteiger partial charge in [0.25, 0.3) is 0 Å². The van der Waals surface area contributed by atoms with Gasteiger partial charge in [0.05, 0.1) is 25.4 Å². The van der Waals surface area contributed by atoms with Crippen LogP contribution in [-0.4, -0.2) is 87.5 Å². The number of unbranched alkanes of at least 4 members (excludes halogenated alkanes) is 27. The van der Waals surface area contributed by atoms with Crippen LogP contribution in [0.5, 0.6) is 0 Å². The maximum atomic E-state index is 13.1. The molecule has 9 heteroatoms. The fourth-order valence-corrected chi connectivity index (χ4v) is 9.53. The van der Waals surface area contributed by atoms with Gasteiger partial charge < -0.3 is 40.3 Å². The van der Waals surface area contributed by atoms with Crippen molar-refractivity contribution >= 4 is 5.91 Å². The van der Waals surface area contributed by atoms with Crippen molar-refractivity contribution in [3.05, 3.63) is 97.2 Å². The molecule has 1 heterocycles. The highest BCUT2D eigenvalue weighted by atomic mass is 16.7. The minimum absolute atomic E-state index is 0.140. The number of aliphatic hydroxyl groups excluding tert-OH is 5. The van der Waals surface area contributed by atoms with Crippen molar-refractivity contribution in [1.29, 1.82) is 0 Å². The number of ether oxygens (including phenoxy) is 2. The summed E-state index contributed by atoms with van der Waals surface area (Å²) in [5, 5.41) is 54.7. The lowest BCUT2D eigenvalue weighted by Gasteiger charge is -2.40. The molecule has 1 aliphatic rings. The summed E-state index contributed by atoms with van der Waals surface area (Å²) >= 11 is 0. The van der Waals surface area contributed by atoms with Crippen LogP contribution in [0.1, 0.15) is 264 Å². The third-order valence-corrected chi connectivity index (χ3v) is 14.5. The van der Waals surface area contributed by atoms with Gasteiger partial charge in [-0.3, -0.25) is 4.79 Å². The molecule has 1 amide bonds. The zero-order valence-corrected chi connectivity index (χ0v) is 48.7. The van der Waals surface area contributed by atoms with Crippen molar-refractivity contribution in [3.8, 4) is 0 Å². The molecule has 1 fully saturated rings. The Bertz CT molecular complexity index is 1510. The smallest absolute Gasteiger partial charge is 0.220 e. The zero-order valence-electron chi connectivity index (χ0n) is 48.7. The Balaban J connectivity index is 2.09. The van der Waals surface area contributed by atoms with Crippen molar-refractivity contribution in [2.24, 2.45) is 0 Å². The summed E-state index contributed by atoms with van der Waals surface area (Å²) in [6, 6.07) is -0.723. The Morgan fingerprint density at radius 3 is 1.21 bits per heavy atom. The molecular weight excluding hydrogens is 947 g/mol. The van der Waals surface area contributed by atoms with Gasteiger partial charge in [0, 0.05) is 6.42 Å². The summed E-state index contributed by atoms with van der Waals surface area (Å²) in [4.78, 5) is 13.1. The van der Waals surface area contributed by atoms with Crippen molar-refractivity contribution in [3.63, 3.8) is 0 Å². The first-order valence-corrected chi connectivity index (χ1v) is 31.4. The number of hydrogen-bond donors (Lipinski definition) is 6. The topological polar surface area (TPSA) is 149 Å². The van der Waals surface area contributed by atoms with E-state index >= 15 is 0 Å². The molecule has 0 aromatic heterocycles. The van der Waals surface area contributed by atoms with E-state index in [-0.39, 0.29) is 12.5 Å². The fourth-order valence-electron chi connectivity index (χ4n) is 9.53. The molecule has 0 saturated carbocycles. The molecule has 6 N–H and O–H groups in total. The number of carbonyl (C=O) groups excluding carboxylic acids is 1. The highest BCUT2D eigenvalue weighted by Crippen LogP contribution is 2.23. The predicted molar refractivity (Wildman–Crippen MR) is 322 cm³/mol. The molecule has 0 radical (unpaired) electrons. The number of allylic oxidation sites excluding steroid dienone is 16. The maximum absolute atomic E-state index is 13.1. The summed E-state index contributed by atoms with van der Waals surface area (Å²) in [6.07, 6.45) is 73.1. The van der Waals surface area contributed by atoms with E-state index in [1.807, 2.05) is 0 Å². The van der Waals surface area contributed by atoms with E-state index in [0.29, 0.717) is 12.8 Å². The van der Waals surface area contributed by atoms with Crippen LogP contribution >= 0.6 is 0 Å².